The third-order valence-corrected chi connectivity index (χ3v) is 6.46. The van der Waals surface area contributed by atoms with E-state index in [9.17, 15) is 24.9 Å². The molecule has 0 saturated carbocycles. The van der Waals surface area contributed by atoms with Crippen LogP contribution in [0.4, 0.5) is 0 Å². The van der Waals surface area contributed by atoms with Crippen LogP contribution in [0.15, 0.2) is 83.5 Å². The SMILES string of the molecule is O=C(OCCCCCCCCOc1coc(C(=O)O)c1-c1ccc(-c2ccccc2)cc1)c1cc(O)ccc1O. The zero-order valence-corrected chi connectivity index (χ0v) is 22.0. The summed E-state index contributed by atoms with van der Waals surface area (Å²) in [5.74, 6) is -1.90. The summed E-state index contributed by atoms with van der Waals surface area (Å²) >= 11 is 0. The van der Waals surface area contributed by atoms with Crippen molar-refractivity contribution < 1.29 is 38.8 Å². The number of esters is 1. The van der Waals surface area contributed by atoms with E-state index in [1.807, 2.05) is 54.6 Å². The summed E-state index contributed by atoms with van der Waals surface area (Å²) in [5.41, 5.74) is 3.19. The molecule has 0 bridgehead atoms. The molecule has 0 aliphatic rings. The van der Waals surface area contributed by atoms with Crippen molar-refractivity contribution in [1.29, 1.82) is 0 Å². The average Bonchev–Trinajstić information content (AvgIpc) is 3.40. The molecular weight excluding hydrogens is 512 g/mol. The van der Waals surface area contributed by atoms with Gasteiger partial charge < -0.3 is 29.2 Å². The maximum Gasteiger partial charge on any atom is 0.372 e. The first kappa shape index (κ1) is 28.3. The second kappa shape index (κ2) is 13.9. The van der Waals surface area contributed by atoms with Crippen LogP contribution in [0.5, 0.6) is 17.2 Å². The number of carbonyl (C=O) groups excluding carboxylic acids is 1. The fourth-order valence-corrected chi connectivity index (χ4v) is 4.36. The van der Waals surface area contributed by atoms with Crippen molar-refractivity contribution in [3.63, 3.8) is 0 Å². The number of phenols is 2. The van der Waals surface area contributed by atoms with E-state index in [0.717, 1.165) is 43.2 Å². The largest absolute Gasteiger partial charge is 0.508 e. The number of furan rings is 1. The number of carboxylic acid groups (broad SMARTS) is 1. The van der Waals surface area contributed by atoms with E-state index < -0.39 is 11.9 Å². The average molecular weight is 545 g/mol. The summed E-state index contributed by atoms with van der Waals surface area (Å²) in [6.07, 6.45) is 6.59. The van der Waals surface area contributed by atoms with Gasteiger partial charge in [0.25, 0.3) is 0 Å². The Kier molecular flexibility index (Phi) is 9.83. The van der Waals surface area contributed by atoms with Crippen molar-refractivity contribution in [1.82, 2.24) is 0 Å². The van der Waals surface area contributed by atoms with Gasteiger partial charge in [0.05, 0.1) is 18.8 Å². The number of carboxylic acids is 1. The molecule has 0 aliphatic carbocycles. The van der Waals surface area contributed by atoms with E-state index >= 15 is 0 Å². The predicted molar refractivity (Wildman–Crippen MR) is 150 cm³/mol. The second-order valence-electron chi connectivity index (χ2n) is 9.36. The Morgan fingerprint density at radius 2 is 1.35 bits per heavy atom. The van der Waals surface area contributed by atoms with Gasteiger partial charge in [0.2, 0.25) is 5.76 Å². The molecule has 3 N–H and O–H groups in total. The fourth-order valence-electron chi connectivity index (χ4n) is 4.36. The Bertz CT molecular complexity index is 1410. The van der Waals surface area contributed by atoms with Gasteiger partial charge >= 0.3 is 11.9 Å². The van der Waals surface area contributed by atoms with Crippen molar-refractivity contribution >= 4 is 11.9 Å². The van der Waals surface area contributed by atoms with Crippen molar-refractivity contribution in [2.24, 2.45) is 0 Å². The number of benzene rings is 3. The zero-order valence-electron chi connectivity index (χ0n) is 22.0. The zero-order chi connectivity index (χ0) is 28.3. The summed E-state index contributed by atoms with van der Waals surface area (Å²) in [5, 5.41) is 28.8. The summed E-state index contributed by atoms with van der Waals surface area (Å²) in [6.45, 7) is 0.664. The summed E-state index contributed by atoms with van der Waals surface area (Å²) in [4.78, 5) is 23.8. The molecule has 1 heterocycles. The Morgan fingerprint density at radius 3 is 2.05 bits per heavy atom. The Morgan fingerprint density at radius 1 is 0.725 bits per heavy atom. The molecule has 0 spiro atoms. The number of hydrogen-bond donors (Lipinski definition) is 3. The summed E-state index contributed by atoms with van der Waals surface area (Å²) < 4.78 is 16.4. The van der Waals surface area contributed by atoms with Crippen LogP contribution in [0.25, 0.3) is 22.3 Å². The minimum absolute atomic E-state index is 0.0551. The molecule has 0 aliphatic heterocycles. The lowest BCUT2D eigenvalue weighted by Gasteiger charge is -2.09. The number of ether oxygens (including phenoxy) is 2. The molecule has 208 valence electrons. The van der Waals surface area contributed by atoms with Crippen LogP contribution in [0, 0.1) is 0 Å². The van der Waals surface area contributed by atoms with Gasteiger partial charge in [-0.15, -0.1) is 0 Å². The van der Waals surface area contributed by atoms with Gasteiger partial charge in [-0.3, -0.25) is 0 Å². The smallest absolute Gasteiger partial charge is 0.372 e. The Balaban J connectivity index is 1.18. The molecule has 8 heteroatoms. The highest BCUT2D eigenvalue weighted by Crippen LogP contribution is 2.36. The number of unbranched alkanes of at least 4 members (excludes halogenated alkanes) is 5. The molecule has 0 unspecified atom stereocenters. The highest BCUT2D eigenvalue weighted by Gasteiger charge is 2.22. The highest BCUT2D eigenvalue weighted by molar-refractivity contribution is 5.95. The van der Waals surface area contributed by atoms with Crippen LogP contribution in [0.1, 0.15) is 59.4 Å². The minimum atomic E-state index is -1.15. The molecule has 8 nitrogen and oxygen atoms in total. The van der Waals surface area contributed by atoms with E-state index in [1.165, 1.54) is 24.5 Å². The van der Waals surface area contributed by atoms with Crippen LogP contribution < -0.4 is 4.74 Å². The van der Waals surface area contributed by atoms with Gasteiger partial charge in [0.1, 0.15) is 23.3 Å². The van der Waals surface area contributed by atoms with E-state index in [2.05, 4.69) is 0 Å². The number of aromatic hydroxyl groups is 2. The van der Waals surface area contributed by atoms with Crippen molar-refractivity contribution in [2.45, 2.75) is 38.5 Å². The van der Waals surface area contributed by atoms with Crippen molar-refractivity contribution in [3.8, 4) is 39.5 Å². The number of aromatic carboxylic acids is 1. The molecule has 0 atom stereocenters. The minimum Gasteiger partial charge on any atom is -0.508 e. The first-order chi connectivity index (χ1) is 19.4. The maximum atomic E-state index is 12.0. The quantitative estimate of drug-likeness (QED) is 0.0857. The number of carbonyl (C=O) groups is 2. The third kappa shape index (κ3) is 7.44. The van der Waals surface area contributed by atoms with Crippen LogP contribution in [0.3, 0.4) is 0 Å². The molecule has 4 aromatic rings. The molecule has 3 aromatic carbocycles. The fraction of sp³-hybridized carbons (Fsp3) is 0.250. The first-order valence-corrected chi connectivity index (χ1v) is 13.3. The molecule has 1 aromatic heterocycles. The molecular formula is C32H32O8. The van der Waals surface area contributed by atoms with E-state index in [4.69, 9.17) is 13.9 Å². The van der Waals surface area contributed by atoms with Gasteiger partial charge in [-0.25, -0.2) is 9.59 Å². The second-order valence-corrected chi connectivity index (χ2v) is 9.36. The Hall–Kier alpha value is -4.72. The lowest BCUT2D eigenvalue weighted by atomic mass is 10.00. The van der Waals surface area contributed by atoms with Crippen molar-refractivity contribution in [3.05, 3.63) is 90.4 Å². The van der Waals surface area contributed by atoms with Crippen LogP contribution in [-0.4, -0.2) is 40.5 Å². The number of hydrogen-bond acceptors (Lipinski definition) is 7. The summed E-state index contributed by atoms with van der Waals surface area (Å²) in [7, 11) is 0. The lowest BCUT2D eigenvalue weighted by Crippen LogP contribution is -2.06. The third-order valence-electron chi connectivity index (χ3n) is 6.46. The summed E-state index contributed by atoms with van der Waals surface area (Å²) in [6, 6.07) is 21.3. The van der Waals surface area contributed by atoms with Crippen LogP contribution >= 0.6 is 0 Å². The molecule has 4 rings (SSSR count). The van der Waals surface area contributed by atoms with Crippen molar-refractivity contribution in [2.75, 3.05) is 13.2 Å². The molecule has 40 heavy (non-hydrogen) atoms. The van der Waals surface area contributed by atoms with Gasteiger partial charge in [-0.1, -0.05) is 80.3 Å². The topological polar surface area (TPSA) is 126 Å². The van der Waals surface area contributed by atoms with Gasteiger partial charge in [-0.05, 0) is 47.7 Å². The number of phenolic OH excluding ortho intramolecular Hbond substituents is 2. The van der Waals surface area contributed by atoms with E-state index in [1.54, 1.807) is 0 Å². The lowest BCUT2D eigenvalue weighted by molar-refractivity contribution is 0.0493. The molecule has 0 saturated heterocycles. The molecule has 0 radical (unpaired) electrons. The standard InChI is InChI=1S/C32H32O8/c33-25-16-17-27(34)26(20-25)32(37)39-19-9-4-2-1-3-8-18-38-28-21-40-30(31(35)36)29(28)24-14-12-23(13-15-24)22-10-6-5-7-11-22/h5-7,10-17,20-21,33-34H,1-4,8-9,18-19H2,(H,35,36). The first-order valence-electron chi connectivity index (χ1n) is 13.3. The highest BCUT2D eigenvalue weighted by atomic mass is 16.5. The van der Waals surface area contributed by atoms with Gasteiger partial charge in [0, 0.05) is 0 Å². The maximum absolute atomic E-state index is 12.0. The molecule has 0 amide bonds. The molecule has 0 fully saturated rings. The van der Waals surface area contributed by atoms with Gasteiger partial charge in [0.15, 0.2) is 5.75 Å². The predicted octanol–water partition coefficient (Wildman–Crippen LogP) is 7.30. The monoisotopic (exact) mass is 544 g/mol. The number of rotatable bonds is 14. The van der Waals surface area contributed by atoms with Gasteiger partial charge in [-0.2, -0.15) is 0 Å². The van der Waals surface area contributed by atoms with Crippen LogP contribution in [-0.2, 0) is 4.74 Å². The normalized spacial score (nSPS) is 10.8. The van der Waals surface area contributed by atoms with E-state index in [-0.39, 0.29) is 29.4 Å². The van der Waals surface area contributed by atoms with Crippen LogP contribution in [0.2, 0.25) is 0 Å². The Labute approximate surface area is 232 Å². The van der Waals surface area contributed by atoms with E-state index in [0.29, 0.717) is 29.9 Å².